The van der Waals surface area contributed by atoms with E-state index in [0.29, 0.717) is 17.6 Å². The highest BCUT2D eigenvalue weighted by Crippen LogP contribution is 2.23. The Morgan fingerprint density at radius 3 is 2.82 bits per heavy atom. The van der Waals surface area contributed by atoms with Crippen LogP contribution in [0.15, 0.2) is 49.2 Å². The summed E-state index contributed by atoms with van der Waals surface area (Å²) in [5, 5.41) is 8.26. The Morgan fingerprint density at radius 1 is 1.25 bits per heavy atom. The van der Waals surface area contributed by atoms with Crippen molar-refractivity contribution in [2.24, 2.45) is 0 Å². The largest absolute Gasteiger partial charge is 0.369 e. The summed E-state index contributed by atoms with van der Waals surface area (Å²) >= 11 is 6.16. The Bertz CT molecular complexity index is 909. The average Bonchev–Trinajstić information content (AvgIpc) is 3.39. The van der Waals surface area contributed by atoms with Crippen LogP contribution in [-0.4, -0.2) is 57.9 Å². The number of hydrogen-bond acceptors (Lipinski definition) is 6. The first-order chi connectivity index (χ1) is 13.6. The summed E-state index contributed by atoms with van der Waals surface area (Å²) in [6.07, 6.45) is 6.31. The van der Waals surface area contributed by atoms with Crippen molar-refractivity contribution in [1.29, 1.82) is 0 Å². The molecule has 1 aliphatic heterocycles. The van der Waals surface area contributed by atoms with Gasteiger partial charge in [0.2, 0.25) is 0 Å². The van der Waals surface area contributed by atoms with E-state index in [0.717, 1.165) is 30.2 Å². The van der Waals surface area contributed by atoms with E-state index in [-0.39, 0.29) is 0 Å². The van der Waals surface area contributed by atoms with Crippen molar-refractivity contribution in [3.63, 3.8) is 0 Å². The smallest absolute Gasteiger partial charge is 0.138 e. The Kier molecular flexibility index (Phi) is 5.45. The lowest BCUT2D eigenvalue weighted by molar-refractivity contribution is 0.315. The van der Waals surface area contributed by atoms with Gasteiger partial charge >= 0.3 is 0 Å². The molecule has 1 N–H and O–H groups in total. The van der Waals surface area contributed by atoms with E-state index in [2.05, 4.69) is 50.3 Å². The molecule has 146 valence electrons. The second-order valence-corrected chi connectivity index (χ2v) is 7.66. The van der Waals surface area contributed by atoms with Crippen LogP contribution in [0.1, 0.15) is 12.0 Å². The molecule has 0 bridgehead atoms. The fourth-order valence-corrected chi connectivity index (χ4v) is 3.66. The fraction of sp³-hybridized carbons (Fsp3) is 0.350. The average molecular weight is 398 g/mol. The van der Waals surface area contributed by atoms with Gasteiger partial charge in [0.25, 0.3) is 0 Å². The number of aromatic nitrogens is 4. The quantitative estimate of drug-likeness (QED) is 0.689. The van der Waals surface area contributed by atoms with E-state index in [1.165, 1.54) is 18.4 Å². The fourth-order valence-electron chi connectivity index (χ4n) is 3.49. The molecule has 7 nitrogen and oxygen atoms in total. The molecule has 0 spiro atoms. The topological polar surface area (TPSA) is 62.1 Å². The first-order valence-electron chi connectivity index (χ1n) is 9.35. The van der Waals surface area contributed by atoms with Crippen molar-refractivity contribution in [3.05, 3.63) is 59.8 Å². The lowest BCUT2D eigenvalue weighted by Gasteiger charge is -2.21. The highest BCUT2D eigenvalue weighted by Gasteiger charge is 2.24. The van der Waals surface area contributed by atoms with Gasteiger partial charge in [0, 0.05) is 30.7 Å². The molecular weight excluding hydrogens is 374 g/mol. The molecule has 0 amide bonds. The zero-order chi connectivity index (χ0) is 19.5. The number of pyridine rings is 1. The predicted molar refractivity (Wildman–Crippen MR) is 112 cm³/mol. The number of rotatable bonds is 6. The maximum Gasteiger partial charge on any atom is 0.138 e. The van der Waals surface area contributed by atoms with Gasteiger partial charge in [-0.1, -0.05) is 17.7 Å². The van der Waals surface area contributed by atoms with E-state index in [9.17, 15) is 0 Å². The Balaban J connectivity index is 1.42. The molecule has 1 fully saturated rings. The minimum absolute atomic E-state index is 0.609. The molecule has 3 aromatic rings. The van der Waals surface area contributed by atoms with Crippen LogP contribution >= 0.6 is 11.6 Å². The molecule has 1 aliphatic rings. The van der Waals surface area contributed by atoms with Gasteiger partial charge in [-0.05, 0) is 50.3 Å². The molecule has 1 unspecified atom stereocenters. The van der Waals surface area contributed by atoms with Crippen LogP contribution in [0.5, 0.6) is 0 Å². The third-order valence-electron chi connectivity index (χ3n) is 5.18. The van der Waals surface area contributed by atoms with E-state index in [1.54, 1.807) is 11.0 Å². The first kappa shape index (κ1) is 18.7. The van der Waals surface area contributed by atoms with Gasteiger partial charge in [0.05, 0.1) is 17.6 Å². The van der Waals surface area contributed by atoms with Crippen molar-refractivity contribution >= 4 is 23.1 Å². The Hall–Kier alpha value is -2.64. The van der Waals surface area contributed by atoms with Crippen molar-refractivity contribution < 1.29 is 0 Å². The van der Waals surface area contributed by atoms with Crippen LogP contribution < -0.4 is 10.2 Å². The van der Waals surface area contributed by atoms with Crippen LogP contribution in [-0.2, 0) is 6.54 Å². The van der Waals surface area contributed by atoms with Gasteiger partial charge in [0.1, 0.15) is 18.5 Å². The van der Waals surface area contributed by atoms with Gasteiger partial charge in [0.15, 0.2) is 0 Å². The molecule has 1 saturated heterocycles. The summed E-state index contributed by atoms with van der Waals surface area (Å²) in [4.78, 5) is 13.3. The van der Waals surface area contributed by atoms with Crippen LogP contribution in [0, 0.1) is 0 Å². The number of anilines is 2. The SMILES string of the molecule is CN(C)C1CCN(c2ccc(NCc3ccc(Cl)cc3-n3cncn3)nc2)C1. The van der Waals surface area contributed by atoms with Gasteiger partial charge in [-0.3, -0.25) is 0 Å². The normalized spacial score (nSPS) is 16.7. The summed E-state index contributed by atoms with van der Waals surface area (Å²) in [6, 6.07) is 10.5. The molecule has 0 aliphatic carbocycles. The summed E-state index contributed by atoms with van der Waals surface area (Å²) in [5.41, 5.74) is 3.14. The molecule has 0 radical (unpaired) electrons. The molecule has 2 aromatic heterocycles. The lowest BCUT2D eigenvalue weighted by Crippen LogP contribution is -2.31. The van der Waals surface area contributed by atoms with E-state index < -0.39 is 0 Å². The highest BCUT2D eigenvalue weighted by atomic mass is 35.5. The van der Waals surface area contributed by atoms with E-state index in [1.807, 2.05) is 30.5 Å². The Labute approximate surface area is 170 Å². The first-order valence-corrected chi connectivity index (χ1v) is 9.72. The maximum atomic E-state index is 6.16. The van der Waals surface area contributed by atoms with Crippen LogP contribution in [0.4, 0.5) is 11.5 Å². The summed E-state index contributed by atoms with van der Waals surface area (Å²) in [5.74, 6) is 0.839. The summed E-state index contributed by atoms with van der Waals surface area (Å²) < 4.78 is 1.72. The van der Waals surface area contributed by atoms with E-state index in [4.69, 9.17) is 11.6 Å². The molecule has 4 rings (SSSR count). The number of nitrogens with zero attached hydrogens (tertiary/aromatic N) is 6. The summed E-state index contributed by atoms with van der Waals surface area (Å²) in [7, 11) is 4.29. The van der Waals surface area contributed by atoms with Gasteiger partial charge < -0.3 is 15.1 Å². The third-order valence-corrected chi connectivity index (χ3v) is 5.41. The second-order valence-electron chi connectivity index (χ2n) is 7.22. The van der Waals surface area contributed by atoms with E-state index >= 15 is 0 Å². The van der Waals surface area contributed by atoms with Crippen LogP contribution in [0.3, 0.4) is 0 Å². The lowest BCUT2D eigenvalue weighted by atomic mass is 10.1. The third kappa shape index (κ3) is 4.10. The summed E-state index contributed by atoms with van der Waals surface area (Å²) in [6.45, 7) is 2.74. The minimum atomic E-state index is 0.609. The van der Waals surface area contributed by atoms with Gasteiger partial charge in [-0.15, -0.1) is 0 Å². The molecule has 28 heavy (non-hydrogen) atoms. The standard InChI is InChI=1S/C20H24ClN7/c1-26(2)18-7-8-27(12-18)17-5-6-20(24-11-17)23-10-15-3-4-16(21)9-19(15)28-14-22-13-25-28/h3-6,9,11,13-14,18H,7-8,10,12H2,1-2H3,(H,23,24). The van der Waals surface area contributed by atoms with Crippen molar-refractivity contribution in [3.8, 4) is 5.69 Å². The molecule has 8 heteroatoms. The van der Waals surface area contributed by atoms with Gasteiger partial charge in [-0.2, -0.15) is 5.10 Å². The monoisotopic (exact) mass is 397 g/mol. The minimum Gasteiger partial charge on any atom is -0.369 e. The number of likely N-dealkylation sites (N-methyl/N-ethyl adjacent to an activating group) is 1. The zero-order valence-electron chi connectivity index (χ0n) is 16.1. The number of halogens is 1. The van der Waals surface area contributed by atoms with Crippen LogP contribution in [0.25, 0.3) is 5.69 Å². The van der Waals surface area contributed by atoms with Crippen molar-refractivity contribution in [1.82, 2.24) is 24.6 Å². The zero-order valence-corrected chi connectivity index (χ0v) is 16.8. The Morgan fingerprint density at radius 2 is 2.14 bits per heavy atom. The van der Waals surface area contributed by atoms with Crippen molar-refractivity contribution in [2.75, 3.05) is 37.4 Å². The predicted octanol–water partition coefficient (Wildman–Crippen LogP) is 3.07. The highest BCUT2D eigenvalue weighted by molar-refractivity contribution is 6.30. The molecule has 3 heterocycles. The van der Waals surface area contributed by atoms with Crippen LogP contribution in [0.2, 0.25) is 5.02 Å². The molecule has 1 atom stereocenters. The number of nitrogens with one attached hydrogen (secondary N) is 1. The maximum absolute atomic E-state index is 6.16. The number of hydrogen-bond donors (Lipinski definition) is 1. The molecule has 0 saturated carbocycles. The van der Waals surface area contributed by atoms with Gasteiger partial charge in [-0.25, -0.2) is 14.6 Å². The number of benzene rings is 1. The molecular formula is C20H24ClN7. The second kappa shape index (κ2) is 8.16. The molecule has 1 aromatic carbocycles. The van der Waals surface area contributed by atoms with Crippen molar-refractivity contribution in [2.45, 2.75) is 19.0 Å².